The fourth-order valence-electron chi connectivity index (χ4n) is 6.03. The van der Waals surface area contributed by atoms with Gasteiger partial charge in [0.15, 0.2) is 5.69 Å². The predicted molar refractivity (Wildman–Crippen MR) is 170 cm³/mol. The summed E-state index contributed by atoms with van der Waals surface area (Å²) in [4.78, 5) is 25.0. The molecule has 0 saturated carbocycles. The number of carbonyl (C=O) groups is 1. The molecule has 0 unspecified atom stereocenters. The van der Waals surface area contributed by atoms with E-state index in [1.165, 1.54) is 19.2 Å². The zero-order valence-electron chi connectivity index (χ0n) is 25.7. The number of methoxy groups -OCH3 is 1. The first-order valence-electron chi connectivity index (χ1n) is 15.3. The Kier molecular flexibility index (Phi) is 8.28. The molecule has 5 aromatic rings. The Hall–Kier alpha value is -5.31. The molecule has 0 radical (unpaired) electrons. The lowest BCUT2D eigenvalue weighted by atomic mass is 9.96. The van der Waals surface area contributed by atoms with E-state index < -0.39 is 11.8 Å². The van der Waals surface area contributed by atoms with E-state index in [2.05, 4.69) is 9.83 Å². The highest BCUT2D eigenvalue weighted by atomic mass is 19.1. The van der Waals surface area contributed by atoms with Crippen molar-refractivity contribution in [3.05, 3.63) is 112 Å². The van der Waals surface area contributed by atoms with Gasteiger partial charge in [-0.25, -0.2) is 24.0 Å². The molecule has 47 heavy (non-hydrogen) atoms. The van der Waals surface area contributed by atoms with E-state index in [0.29, 0.717) is 77.2 Å². The molecule has 1 atom stereocenters. The van der Waals surface area contributed by atoms with Crippen LogP contribution in [0.2, 0.25) is 0 Å². The highest BCUT2D eigenvalue weighted by Gasteiger charge is 2.25. The van der Waals surface area contributed by atoms with E-state index in [0.717, 1.165) is 23.1 Å². The third kappa shape index (κ3) is 6.13. The maximum atomic E-state index is 16.0. The van der Waals surface area contributed by atoms with Crippen LogP contribution in [0.4, 0.5) is 10.1 Å². The molecule has 238 valence electrons. The second-order valence-electron chi connectivity index (χ2n) is 11.6. The van der Waals surface area contributed by atoms with E-state index in [4.69, 9.17) is 30.5 Å². The van der Waals surface area contributed by atoms with E-state index in [9.17, 15) is 9.90 Å². The minimum absolute atomic E-state index is 0.0389. The average molecular weight is 635 g/mol. The van der Waals surface area contributed by atoms with Crippen LogP contribution in [-0.2, 0) is 42.1 Å². The number of ether oxygens (including phenoxy) is 4. The summed E-state index contributed by atoms with van der Waals surface area (Å²) in [6.07, 6.45) is 1.59. The van der Waals surface area contributed by atoms with Crippen molar-refractivity contribution in [3.8, 4) is 22.9 Å². The molecule has 4 heterocycles. The Bertz CT molecular complexity index is 2050. The third-order valence-corrected chi connectivity index (χ3v) is 8.65. The fraction of sp³-hybridized carbons (Fsp3) is 0.278. The van der Waals surface area contributed by atoms with Gasteiger partial charge in [0.05, 0.1) is 56.3 Å². The molecule has 1 saturated heterocycles. The Morgan fingerprint density at radius 2 is 1.96 bits per heavy atom. The van der Waals surface area contributed by atoms with Crippen molar-refractivity contribution in [1.82, 2.24) is 14.5 Å². The van der Waals surface area contributed by atoms with Gasteiger partial charge in [-0.2, -0.15) is 0 Å². The van der Waals surface area contributed by atoms with Crippen molar-refractivity contribution in [2.45, 2.75) is 45.1 Å². The first-order valence-corrected chi connectivity index (χ1v) is 15.3. The van der Waals surface area contributed by atoms with Crippen molar-refractivity contribution in [2.75, 3.05) is 20.3 Å². The number of carboxylic acids is 1. The van der Waals surface area contributed by atoms with Crippen molar-refractivity contribution >= 4 is 22.7 Å². The number of pyridine rings is 1. The monoisotopic (exact) mass is 634 g/mol. The molecule has 2 aliphatic heterocycles. The minimum Gasteiger partial charge on any atom is -0.494 e. The molecule has 1 N–H and O–H groups in total. The van der Waals surface area contributed by atoms with Crippen molar-refractivity contribution < 1.29 is 33.2 Å². The lowest BCUT2D eigenvalue weighted by Gasteiger charge is -2.27. The number of fused-ring (bicyclic) bond motifs is 7. The predicted octanol–water partition coefficient (Wildman–Crippen LogP) is 6.53. The molecule has 3 aromatic carbocycles. The molecule has 0 spiro atoms. The normalized spacial score (nSPS) is 15.9. The summed E-state index contributed by atoms with van der Waals surface area (Å²) in [7, 11) is 1.48. The molecule has 0 aliphatic carbocycles. The lowest BCUT2D eigenvalue weighted by Crippen LogP contribution is -2.31. The van der Waals surface area contributed by atoms with Crippen molar-refractivity contribution in [2.24, 2.45) is 0 Å². The maximum Gasteiger partial charge on any atom is 0.335 e. The van der Waals surface area contributed by atoms with Gasteiger partial charge in [-0.15, -0.1) is 0 Å². The van der Waals surface area contributed by atoms with Gasteiger partial charge in [-0.3, -0.25) is 0 Å². The molecule has 11 heteroatoms. The van der Waals surface area contributed by atoms with Gasteiger partial charge in [-0.05, 0) is 65.4 Å². The van der Waals surface area contributed by atoms with Crippen LogP contribution in [0.5, 0.6) is 11.6 Å². The molecule has 10 nitrogen and oxygen atoms in total. The van der Waals surface area contributed by atoms with Gasteiger partial charge in [-0.1, -0.05) is 24.3 Å². The minimum atomic E-state index is -1.07. The summed E-state index contributed by atoms with van der Waals surface area (Å²) in [5.41, 5.74) is 5.84. The van der Waals surface area contributed by atoms with Crippen LogP contribution in [0.15, 0.2) is 60.7 Å². The maximum absolute atomic E-state index is 16.0. The second-order valence-corrected chi connectivity index (χ2v) is 11.6. The molecule has 2 aromatic heterocycles. The number of imidazole rings is 1. The lowest BCUT2D eigenvalue weighted by molar-refractivity contribution is -0.0589. The first kappa shape index (κ1) is 30.3. The van der Waals surface area contributed by atoms with Gasteiger partial charge >= 0.3 is 5.97 Å². The van der Waals surface area contributed by atoms with Crippen LogP contribution >= 0.6 is 0 Å². The average Bonchev–Trinajstić information content (AvgIpc) is 3.40. The Labute approximate surface area is 270 Å². The second kappa shape index (κ2) is 12.8. The van der Waals surface area contributed by atoms with Crippen LogP contribution in [0, 0.1) is 12.4 Å². The van der Waals surface area contributed by atoms with E-state index in [-0.39, 0.29) is 31.3 Å². The van der Waals surface area contributed by atoms with Gasteiger partial charge in [0.25, 0.3) is 0 Å². The molecular weight excluding hydrogens is 603 g/mol. The number of hydrogen-bond donors (Lipinski definition) is 1. The number of aromatic carboxylic acids is 1. The fourth-order valence-corrected chi connectivity index (χ4v) is 6.03. The summed E-state index contributed by atoms with van der Waals surface area (Å²) < 4.78 is 41.3. The quantitative estimate of drug-likeness (QED) is 0.210. The summed E-state index contributed by atoms with van der Waals surface area (Å²) >= 11 is 0. The van der Waals surface area contributed by atoms with Crippen LogP contribution in [-0.4, -0.2) is 52.0 Å². The summed E-state index contributed by atoms with van der Waals surface area (Å²) in [6.45, 7) is 9.42. The number of hydrogen-bond acceptors (Lipinski definition) is 7. The molecule has 2 aliphatic rings. The number of carboxylic acid groups (broad SMARTS) is 1. The van der Waals surface area contributed by atoms with E-state index in [1.54, 1.807) is 30.3 Å². The zero-order chi connectivity index (χ0) is 32.5. The van der Waals surface area contributed by atoms with Crippen molar-refractivity contribution in [1.29, 1.82) is 0 Å². The summed E-state index contributed by atoms with van der Waals surface area (Å²) in [5.74, 6) is -0.175. The van der Waals surface area contributed by atoms with E-state index in [1.807, 2.05) is 22.8 Å². The summed E-state index contributed by atoms with van der Waals surface area (Å²) in [6, 6.07) is 17.1. The van der Waals surface area contributed by atoms with Crippen LogP contribution < -0.4 is 9.47 Å². The Morgan fingerprint density at radius 3 is 2.72 bits per heavy atom. The highest BCUT2D eigenvalue weighted by molar-refractivity contribution is 5.95. The number of aromatic nitrogens is 3. The first-order chi connectivity index (χ1) is 22.9. The molecule has 0 amide bonds. The van der Waals surface area contributed by atoms with Gasteiger partial charge in [0, 0.05) is 24.7 Å². The van der Waals surface area contributed by atoms with Gasteiger partial charge in [0.2, 0.25) is 5.88 Å². The summed E-state index contributed by atoms with van der Waals surface area (Å²) in [5, 5.41) is 9.77. The zero-order valence-corrected chi connectivity index (χ0v) is 25.7. The molecular formula is C36H31FN4O6. The number of halogens is 1. The third-order valence-electron chi connectivity index (χ3n) is 8.65. The van der Waals surface area contributed by atoms with Gasteiger partial charge < -0.3 is 28.6 Å². The highest BCUT2D eigenvalue weighted by Crippen LogP contribution is 2.33. The largest absolute Gasteiger partial charge is 0.494 e. The number of rotatable bonds is 6. The van der Waals surface area contributed by atoms with Crippen LogP contribution in [0.1, 0.15) is 44.9 Å². The molecule has 4 bridgehead atoms. The molecule has 1 fully saturated rings. The van der Waals surface area contributed by atoms with E-state index >= 15 is 4.39 Å². The number of nitrogens with zero attached hydrogens (tertiary/aromatic N) is 4. The number of benzene rings is 3. The Morgan fingerprint density at radius 1 is 1.09 bits per heavy atom. The Balaban J connectivity index is 1.30. The SMILES string of the molecule is [C-]#[N+]c1ccc2c(c1)COCCc1cc(c(F)cc1Cc1nc3c(OC)cc(C(=O)O)cc3n1C[C@@H]1CCO1)-c1cccc(n1)OC2. The van der Waals surface area contributed by atoms with Gasteiger partial charge in [0.1, 0.15) is 29.5 Å². The molecule has 7 rings (SSSR count). The van der Waals surface area contributed by atoms with Crippen LogP contribution in [0.3, 0.4) is 0 Å². The standard InChI is InChI=1S/C36H31FN4O6/c1-38-26-7-6-22-20-47-34-5-3-4-30(39-34)28-13-21(8-10-45-19-25(22)12-26)23(14-29(28)37)17-33-40-35-31(41(33)18-27-9-11-46-27)15-24(36(42)43)16-32(35)44-2/h3-7,12-16,27H,8-11,17-20H2,2H3,(H,42,43)/t27-/m0/s1. The topological polar surface area (TPSA) is 109 Å². The smallest absolute Gasteiger partial charge is 0.335 e. The van der Waals surface area contributed by atoms with Crippen molar-refractivity contribution in [3.63, 3.8) is 0 Å². The van der Waals surface area contributed by atoms with Crippen LogP contribution in [0.25, 0.3) is 27.1 Å².